The molecule has 1 fully saturated rings. The molecule has 104 valence electrons. The smallest absolute Gasteiger partial charge is 0.247 e. The number of carbonyl (C=O) groups excluding carboxylic acids is 1. The number of anilines is 2. The quantitative estimate of drug-likeness (QED) is 0.881. The van der Waals surface area contributed by atoms with Gasteiger partial charge >= 0.3 is 0 Å². The van der Waals surface area contributed by atoms with Gasteiger partial charge in [0, 0.05) is 18.8 Å². The maximum atomic E-state index is 11.3. The van der Waals surface area contributed by atoms with Gasteiger partial charge < -0.3 is 15.0 Å². The monoisotopic (exact) mass is 289 g/mol. The highest BCUT2D eigenvalue weighted by Gasteiger charge is 2.15. The Morgan fingerprint density at radius 1 is 1.45 bits per heavy atom. The fraction of sp³-hybridized carbons (Fsp3) is 0.286. The molecule has 20 heavy (non-hydrogen) atoms. The van der Waals surface area contributed by atoms with Crippen molar-refractivity contribution in [2.24, 2.45) is 0 Å². The third-order valence-electron chi connectivity index (χ3n) is 3.11. The van der Waals surface area contributed by atoms with Crippen LogP contribution in [-0.4, -0.2) is 37.2 Å². The zero-order valence-electron chi connectivity index (χ0n) is 11.0. The van der Waals surface area contributed by atoms with E-state index in [1.54, 1.807) is 11.3 Å². The normalized spacial score (nSPS) is 15.3. The Balaban J connectivity index is 1.86. The van der Waals surface area contributed by atoms with Crippen LogP contribution >= 0.6 is 11.3 Å². The SMILES string of the molecule is C=CC(=O)Nc1ccc2nc(N3CCOCC3)sc2c1. The molecule has 1 aromatic carbocycles. The largest absolute Gasteiger partial charge is 0.378 e. The average molecular weight is 289 g/mol. The molecule has 1 saturated heterocycles. The molecule has 5 nitrogen and oxygen atoms in total. The summed E-state index contributed by atoms with van der Waals surface area (Å²) in [5.74, 6) is -0.206. The van der Waals surface area contributed by atoms with Crippen molar-refractivity contribution in [2.45, 2.75) is 0 Å². The maximum Gasteiger partial charge on any atom is 0.247 e. The molecule has 2 heterocycles. The van der Waals surface area contributed by atoms with Crippen LogP contribution in [0.4, 0.5) is 10.8 Å². The molecule has 3 rings (SSSR count). The van der Waals surface area contributed by atoms with Crippen molar-refractivity contribution < 1.29 is 9.53 Å². The van der Waals surface area contributed by atoms with Gasteiger partial charge in [-0.2, -0.15) is 0 Å². The van der Waals surface area contributed by atoms with Gasteiger partial charge in [0.25, 0.3) is 0 Å². The van der Waals surface area contributed by atoms with Crippen LogP contribution in [0.5, 0.6) is 0 Å². The predicted molar refractivity (Wildman–Crippen MR) is 81.5 cm³/mol. The highest BCUT2D eigenvalue weighted by Crippen LogP contribution is 2.31. The van der Waals surface area contributed by atoms with E-state index < -0.39 is 0 Å². The first-order chi connectivity index (χ1) is 9.76. The van der Waals surface area contributed by atoms with Crippen LogP contribution in [0.2, 0.25) is 0 Å². The molecule has 0 aliphatic carbocycles. The van der Waals surface area contributed by atoms with Crippen molar-refractivity contribution in [1.82, 2.24) is 4.98 Å². The number of benzene rings is 1. The summed E-state index contributed by atoms with van der Waals surface area (Å²) in [6, 6.07) is 5.72. The molecule has 0 unspecified atom stereocenters. The number of hydrogen-bond donors (Lipinski definition) is 1. The number of nitrogens with one attached hydrogen (secondary N) is 1. The number of rotatable bonds is 3. The minimum absolute atomic E-state index is 0.206. The fourth-order valence-corrected chi connectivity index (χ4v) is 3.13. The summed E-state index contributed by atoms with van der Waals surface area (Å²) in [5.41, 5.74) is 1.72. The van der Waals surface area contributed by atoms with Crippen molar-refractivity contribution >= 4 is 38.3 Å². The number of carbonyl (C=O) groups is 1. The summed E-state index contributed by atoms with van der Waals surface area (Å²) >= 11 is 1.63. The number of thiazole rings is 1. The van der Waals surface area contributed by atoms with Crippen molar-refractivity contribution in [3.05, 3.63) is 30.9 Å². The highest BCUT2D eigenvalue weighted by molar-refractivity contribution is 7.22. The lowest BCUT2D eigenvalue weighted by Gasteiger charge is -2.25. The Kier molecular flexibility index (Phi) is 3.66. The van der Waals surface area contributed by atoms with E-state index in [0.717, 1.165) is 47.3 Å². The summed E-state index contributed by atoms with van der Waals surface area (Å²) in [5, 5.41) is 3.77. The average Bonchev–Trinajstić information content (AvgIpc) is 2.91. The molecule has 0 saturated carbocycles. The van der Waals surface area contributed by atoms with E-state index >= 15 is 0 Å². The van der Waals surface area contributed by atoms with Gasteiger partial charge in [-0.15, -0.1) is 0 Å². The first kappa shape index (κ1) is 13.1. The number of fused-ring (bicyclic) bond motifs is 1. The Hall–Kier alpha value is -1.92. The minimum Gasteiger partial charge on any atom is -0.378 e. The number of morpholine rings is 1. The van der Waals surface area contributed by atoms with Crippen molar-refractivity contribution in [3.8, 4) is 0 Å². The van der Waals surface area contributed by atoms with Crippen LogP contribution in [0.15, 0.2) is 30.9 Å². The van der Waals surface area contributed by atoms with Crippen molar-refractivity contribution in [3.63, 3.8) is 0 Å². The standard InChI is InChI=1S/C14H15N3O2S/c1-2-13(18)15-10-3-4-11-12(9-10)20-14(16-11)17-5-7-19-8-6-17/h2-4,9H,1,5-8H2,(H,15,18). The lowest BCUT2D eigenvalue weighted by atomic mass is 10.3. The second-order valence-corrected chi connectivity index (χ2v) is 5.48. The third kappa shape index (κ3) is 2.66. The number of amides is 1. The van der Waals surface area contributed by atoms with Crippen LogP contribution in [0, 0.1) is 0 Å². The van der Waals surface area contributed by atoms with Gasteiger partial charge in [0.15, 0.2) is 5.13 Å². The fourth-order valence-electron chi connectivity index (χ4n) is 2.07. The van der Waals surface area contributed by atoms with E-state index in [0.29, 0.717) is 0 Å². The summed E-state index contributed by atoms with van der Waals surface area (Å²) < 4.78 is 6.41. The van der Waals surface area contributed by atoms with E-state index in [1.165, 1.54) is 6.08 Å². The second-order valence-electron chi connectivity index (χ2n) is 4.47. The molecule has 0 bridgehead atoms. The lowest BCUT2D eigenvalue weighted by molar-refractivity contribution is -0.111. The summed E-state index contributed by atoms with van der Waals surface area (Å²) in [6.07, 6.45) is 1.26. The summed E-state index contributed by atoms with van der Waals surface area (Å²) in [7, 11) is 0. The van der Waals surface area contributed by atoms with Crippen molar-refractivity contribution in [2.75, 3.05) is 36.5 Å². The van der Waals surface area contributed by atoms with E-state index in [4.69, 9.17) is 4.74 Å². The lowest BCUT2D eigenvalue weighted by Crippen LogP contribution is -2.36. The van der Waals surface area contributed by atoms with Crippen LogP contribution < -0.4 is 10.2 Å². The number of nitrogens with zero attached hydrogens (tertiary/aromatic N) is 2. The Morgan fingerprint density at radius 3 is 3.00 bits per heavy atom. The van der Waals surface area contributed by atoms with Crippen LogP contribution in [0.1, 0.15) is 0 Å². The van der Waals surface area contributed by atoms with Crippen LogP contribution in [-0.2, 0) is 9.53 Å². The molecule has 6 heteroatoms. The van der Waals surface area contributed by atoms with Crippen LogP contribution in [0.3, 0.4) is 0 Å². The van der Waals surface area contributed by atoms with E-state index in [9.17, 15) is 4.79 Å². The molecule has 2 aromatic rings. The zero-order valence-corrected chi connectivity index (χ0v) is 11.8. The minimum atomic E-state index is -0.206. The highest BCUT2D eigenvalue weighted by atomic mass is 32.1. The van der Waals surface area contributed by atoms with Crippen LogP contribution in [0.25, 0.3) is 10.2 Å². The zero-order chi connectivity index (χ0) is 13.9. The van der Waals surface area contributed by atoms with E-state index in [2.05, 4.69) is 21.8 Å². The first-order valence-electron chi connectivity index (χ1n) is 6.43. The molecular formula is C14H15N3O2S. The van der Waals surface area contributed by atoms with Crippen molar-refractivity contribution in [1.29, 1.82) is 0 Å². The third-order valence-corrected chi connectivity index (χ3v) is 4.19. The molecule has 0 radical (unpaired) electrons. The number of hydrogen-bond acceptors (Lipinski definition) is 5. The van der Waals surface area contributed by atoms with E-state index in [-0.39, 0.29) is 5.91 Å². The van der Waals surface area contributed by atoms with Gasteiger partial charge in [0.2, 0.25) is 5.91 Å². The molecule has 1 N–H and O–H groups in total. The molecule has 1 aliphatic rings. The van der Waals surface area contributed by atoms with Gasteiger partial charge in [0.05, 0.1) is 23.4 Å². The molecule has 0 atom stereocenters. The number of ether oxygens (including phenoxy) is 1. The number of aromatic nitrogens is 1. The van der Waals surface area contributed by atoms with Gasteiger partial charge in [-0.3, -0.25) is 4.79 Å². The molecule has 1 aromatic heterocycles. The van der Waals surface area contributed by atoms with Gasteiger partial charge in [0.1, 0.15) is 0 Å². The first-order valence-corrected chi connectivity index (χ1v) is 7.24. The molecule has 1 amide bonds. The Labute approximate surface area is 120 Å². The molecular weight excluding hydrogens is 274 g/mol. The maximum absolute atomic E-state index is 11.3. The van der Waals surface area contributed by atoms with Gasteiger partial charge in [-0.1, -0.05) is 17.9 Å². The van der Waals surface area contributed by atoms with E-state index in [1.807, 2.05) is 18.2 Å². The molecule has 1 aliphatic heterocycles. The van der Waals surface area contributed by atoms with Gasteiger partial charge in [-0.05, 0) is 24.3 Å². The topological polar surface area (TPSA) is 54.5 Å². The molecule has 0 spiro atoms. The predicted octanol–water partition coefficient (Wildman–Crippen LogP) is 2.26. The summed E-state index contributed by atoms with van der Waals surface area (Å²) in [4.78, 5) is 18.2. The summed E-state index contributed by atoms with van der Waals surface area (Å²) in [6.45, 7) is 6.69. The Bertz CT molecular complexity index is 647. The second kappa shape index (κ2) is 5.60. The van der Waals surface area contributed by atoms with Gasteiger partial charge in [-0.25, -0.2) is 4.98 Å². The Morgan fingerprint density at radius 2 is 2.25 bits per heavy atom.